The number of hydrogen-bond donors (Lipinski definition) is 2. The fourth-order valence-corrected chi connectivity index (χ4v) is 3.14. The summed E-state index contributed by atoms with van der Waals surface area (Å²) in [6, 6.07) is 6.28. The highest BCUT2D eigenvalue weighted by Crippen LogP contribution is 2.20. The van der Waals surface area contributed by atoms with Crippen molar-refractivity contribution in [1.29, 1.82) is 0 Å². The number of nitrogens with two attached hydrogens (primary N) is 1. The second-order valence-corrected chi connectivity index (χ2v) is 6.41. The molecule has 0 radical (unpaired) electrons. The van der Waals surface area contributed by atoms with Crippen molar-refractivity contribution in [3.8, 4) is 0 Å². The Hall–Kier alpha value is -1.64. The van der Waals surface area contributed by atoms with Gasteiger partial charge in [0, 0.05) is 25.2 Å². The maximum absolute atomic E-state index is 6.03. The van der Waals surface area contributed by atoms with Crippen molar-refractivity contribution in [2.45, 2.75) is 40.2 Å². The third-order valence-corrected chi connectivity index (χ3v) is 4.24. The summed E-state index contributed by atoms with van der Waals surface area (Å²) in [5.41, 5.74) is 9.45. The monoisotopic (exact) mass is 440 g/mol. The zero-order chi connectivity index (χ0) is 16.4. The first-order valence-electron chi connectivity index (χ1n) is 8.05. The summed E-state index contributed by atoms with van der Waals surface area (Å²) in [7, 11) is 0. The number of fused-ring (bicyclic) bond motifs is 1. The minimum absolute atomic E-state index is 0. The smallest absolute Gasteiger partial charge is 0.193 e. The third kappa shape index (κ3) is 4.46. The van der Waals surface area contributed by atoms with Crippen LogP contribution in [0.4, 0.5) is 5.69 Å². The van der Waals surface area contributed by atoms with Gasteiger partial charge < -0.3 is 15.6 Å². The molecule has 6 nitrogen and oxygen atoms in total. The van der Waals surface area contributed by atoms with E-state index in [0.717, 1.165) is 43.3 Å². The molecule has 130 valence electrons. The van der Waals surface area contributed by atoms with Crippen molar-refractivity contribution in [2.24, 2.45) is 16.6 Å². The van der Waals surface area contributed by atoms with Crippen LogP contribution in [0.1, 0.15) is 29.2 Å². The maximum Gasteiger partial charge on any atom is 0.193 e. The molecule has 1 aromatic carbocycles. The van der Waals surface area contributed by atoms with Gasteiger partial charge in [0.15, 0.2) is 5.96 Å². The van der Waals surface area contributed by atoms with Crippen LogP contribution in [0.25, 0.3) is 0 Å². The van der Waals surface area contributed by atoms with Gasteiger partial charge in [0.1, 0.15) is 11.6 Å². The molecular formula is C17H25IN6. The molecule has 0 saturated carbocycles. The van der Waals surface area contributed by atoms with E-state index in [2.05, 4.69) is 57.1 Å². The topological polar surface area (TPSA) is 81.1 Å². The molecule has 2 heterocycles. The van der Waals surface area contributed by atoms with Gasteiger partial charge in [-0.15, -0.1) is 34.2 Å². The average Bonchev–Trinajstić information content (AvgIpc) is 2.85. The normalized spacial score (nSPS) is 17.1. The number of hydrogen-bond acceptors (Lipinski definition) is 3. The molecule has 0 bridgehead atoms. The van der Waals surface area contributed by atoms with Gasteiger partial charge >= 0.3 is 0 Å². The minimum atomic E-state index is 0. The minimum Gasteiger partial charge on any atom is -0.370 e. The number of aliphatic imine (C=N–C) groups is 1. The lowest BCUT2D eigenvalue weighted by Gasteiger charge is -2.22. The Labute approximate surface area is 160 Å². The molecule has 1 aliphatic rings. The Morgan fingerprint density at radius 2 is 1.96 bits per heavy atom. The molecule has 0 fully saturated rings. The number of halogens is 1. The van der Waals surface area contributed by atoms with Crippen LogP contribution in [0.2, 0.25) is 0 Å². The Balaban J connectivity index is 0.00000208. The quantitative estimate of drug-likeness (QED) is 0.437. The van der Waals surface area contributed by atoms with Gasteiger partial charge in [-0.05, 0) is 56.4 Å². The van der Waals surface area contributed by atoms with Gasteiger partial charge in [-0.25, -0.2) is 0 Å². The van der Waals surface area contributed by atoms with E-state index in [4.69, 9.17) is 5.73 Å². The fraction of sp³-hybridized carbons (Fsp3) is 0.471. The maximum atomic E-state index is 6.03. The van der Waals surface area contributed by atoms with Crippen LogP contribution in [0, 0.1) is 26.7 Å². The molecule has 1 atom stereocenters. The van der Waals surface area contributed by atoms with Gasteiger partial charge in [-0.2, -0.15) is 0 Å². The van der Waals surface area contributed by atoms with Crippen LogP contribution in [0.3, 0.4) is 0 Å². The Morgan fingerprint density at radius 3 is 2.67 bits per heavy atom. The predicted molar refractivity (Wildman–Crippen MR) is 108 cm³/mol. The number of guanidine groups is 1. The molecule has 0 saturated heterocycles. The number of aryl methyl sites for hydroxylation is 4. The van der Waals surface area contributed by atoms with E-state index in [9.17, 15) is 0 Å². The van der Waals surface area contributed by atoms with Crippen LogP contribution in [0.15, 0.2) is 23.2 Å². The number of benzene rings is 1. The van der Waals surface area contributed by atoms with Crippen molar-refractivity contribution in [2.75, 3.05) is 11.9 Å². The van der Waals surface area contributed by atoms with Crippen LogP contribution < -0.4 is 11.1 Å². The van der Waals surface area contributed by atoms with Crippen molar-refractivity contribution in [3.05, 3.63) is 41.0 Å². The summed E-state index contributed by atoms with van der Waals surface area (Å²) in [4.78, 5) is 4.52. The number of nitrogens with zero attached hydrogens (tertiary/aromatic N) is 4. The van der Waals surface area contributed by atoms with Crippen LogP contribution >= 0.6 is 24.0 Å². The lowest BCUT2D eigenvalue weighted by Crippen LogP contribution is -2.27. The van der Waals surface area contributed by atoms with E-state index in [1.807, 2.05) is 6.92 Å². The molecule has 3 rings (SSSR count). The largest absolute Gasteiger partial charge is 0.370 e. The number of rotatable bonds is 3. The summed E-state index contributed by atoms with van der Waals surface area (Å²) in [5, 5.41) is 11.5. The lowest BCUT2D eigenvalue weighted by atomic mass is 9.99. The molecule has 2 aromatic rings. The Morgan fingerprint density at radius 1 is 1.25 bits per heavy atom. The van der Waals surface area contributed by atoms with Gasteiger partial charge in [-0.3, -0.25) is 4.99 Å². The first kappa shape index (κ1) is 18.7. The van der Waals surface area contributed by atoms with Crippen molar-refractivity contribution < 1.29 is 0 Å². The Kier molecular flexibility index (Phi) is 6.20. The van der Waals surface area contributed by atoms with Gasteiger partial charge in [0.05, 0.1) is 0 Å². The summed E-state index contributed by atoms with van der Waals surface area (Å²) >= 11 is 0. The summed E-state index contributed by atoms with van der Waals surface area (Å²) in [6.07, 6.45) is 2.05. The molecule has 0 spiro atoms. The van der Waals surface area contributed by atoms with E-state index in [-0.39, 0.29) is 24.0 Å². The summed E-state index contributed by atoms with van der Waals surface area (Å²) < 4.78 is 2.19. The molecule has 1 aliphatic heterocycles. The zero-order valence-corrected chi connectivity index (χ0v) is 16.7. The second-order valence-electron chi connectivity index (χ2n) is 6.41. The Bertz CT molecular complexity index is 716. The van der Waals surface area contributed by atoms with Crippen LogP contribution in [-0.2, 0) is 13.0 Å². The first-order chi connectivity index (χ1) is 11.0. The standard InChI is InChI=1S/C17H24N6.HI/c1-11-6-12(2)8-15(7-11)20-17(18)19-9-14-4-5-16-22-21-13(3)23(16)10-14;/h6-8,14H,4-5,9-10H2,1-3H3,(H3,18,19,20);1H. The SMILES string of the molecule is Cc1cc(C)cc(NC(N)=NCC2CCc3nnc(C)n3C2)c1.I. The highest BCUT2D eigenvalue weighted by Gasteiger charge is 2.21. The number of aromatic nitrogens is 3. The summed E-state index contributed by atoms with van der Waals surface area (Å²) in [6.45, 7) is 7.80. The lowest BCUT2D eigenvalue weighted by molar-refractivity contribution is 0.370. The van der Waals surface area contributed by atoms with Crippen molar-refractivity contribution >= 4 is 35.6 Å². The molecule has 0 aliphatic carbocycles. The van der Waals surface area contributed by atoms with Gasteiger partial charge in [0.25, 0.3) is 0 Å². The molecule has 7 heteroatoms. The van der Waals surface area contributed by atoms with Gasteiger partial charge in [-0.1, -0.05) is 6.07 Å². The molecule has 0 amide bonds. The average molecular weight is 440 g/mol. The van der Waals surface area contributed by atoms with Gasteiger partial charge in [0.2, 0.25) is 0 Å². The van der Waals surface area contributed by atoms with E-state index < -0.39 is 0 Å². The molecule has 24 heavy (non-hydrogen) atoms. The van der Waals surface area contributed by atoms with Crippen molar-refractivity contribution in [3.63, 3.8) is 0 Å². The molecule has 3 N–H and O–H groups in total. The molecular weight excluding hydrogens is 415 g/mol. The van der Waals surface area contributed by atoms with E-state index in [0.29, 0.717) is 11.9 Å². The molecule has 1 aromatic heterocycles. The zero-order valence-electron chi connectivity index (χ0n) is 14.4. The van der Waals surface area contributed by atoms with E-state index in [1.54, 1.807) is 0 Å². The number of anilines is 1. The second kappa shape index (κ2) is 7.96. The first-order valence-corrected chi connectivity index (χ1v) is 8.05. The van der Waals surface area contributed by atoms with Crippen LogP contribution in [-0.4, -0.2) is 27.3 Å². The third-order valence-electron chi connectivity index (χ3n) is 4.24. The van der Waals surface area contributed by atoms with Crippen molar-refractivity contribution in [1.82, 2.24) is 14.8 Å². The van der Waals surface area contributed by atoms with E-state index >= 15 is 0 Å². The predicted octanol–water partition coefficient (Wildman–Crippen LogP) is 2.81. The highest BCUT2D eigenvalue weighted by molar-refractivity contribution is 14.0. The van der Waals surface area contributed by atoms with E-state index in [1.165, 1.54) is 11.1 Å². The highest BCUT2D eigenvalue weighted by atomic mass is 127. The summed E-state index contributed by atoms with van der Waals surface area (Å²) in [5.74, 6) is 3.03. The van der Waals surface area contributed by atoms with Crippen LogP contribution in [0.5, 0.6) is 0 Å². The molecule has 1 unspecified atom stereocenters. The fourth-order valence-electron chi connectivity index (χ4n) is 3.14. The number of nitrogens with one attached hydrogen (secondary N) is 1.